The van der Waals surface area contributed by atoms with Gasteiger partial charge in [0.25, 0.3) is 5.91 Å². The number of nitrogens with zero attached hydrogens (tertiary/aromatic N) is 3. The first-order valence-electron chi connectivity index (χ1n) is 7.40. The molecule has 0 aliphatic heterocycles. The number of benzene rings is 1. The van der Waals surface area contributed by atoms with Crippen LogP contribution in [-0.2, 0) is 0 Å². The van der Waals surface area contributed by atoms with E-state index in [2.05, 4.69) is 20.5 Å². The third-order valence-electron chi connectivity index (χ3n) is 3.46. The monoisotopic (exact) mass is 453 g/mol. The van der Waals surface area contributed by atoms with E-state index in [0.717, 1.165) is 21.4 Å². The fourth-order valence-electron chi connectivity index (χ4n) is 2.20. The standard InChI is InChI=1S/C16H9Cl2N5OS3/c17-9-6-20-13(19)11(18)12(9)26-16-23-22-15(27-16)14(24)21-8-2-1-7-3-4-25-10(7)5-8/h1-6H,(H2,19,20)(H,21,24). The molecule has 0 aliphatic rings. The number of nitrogen functional groups attached to an aromatic ring is 1. The highest BCUT2D eigenvalue weighted by molar-refractivity contribution is 8.01. The molecule has 0 unspecified atom stereocenters. The van der Waals surface area contributed by atoms with Gasteiger partial charge in [-0.25, -0.2) is 4.98 Å². The number of nitrogens with one attached hydrogen (secondary N) is 1. The first-order chi connectivity index (χ1) is 13.0. The highest BCUT2D eigenvalue weighted by Crippen LogP contribution is 2.41. The van der Waals surface area contributed by atoms with Gasteiger partial charge in [0.05, 0.1) is 14.9 Å². The Morgan fingerprint density at radius 2 is 2.07 bits per heavy atom. The van der Waals surface area contributed by atoms with Crippen molar-refractivity contribution < 1.29 is 4.79 Å². The van der Waals surface area contributed by atoms with Crippen molar-refractivity contribution in [1.82, 2.24) is 15.2 Å². The van der Waals surface area contributed by atoms with Gasteiger partial charge in [0.1, 0.15) is 5.82 Å². The Balaban J connectivity index is 1.52. The average molecular weight is 454 g/mol. The molecule has 1 aromatic carbocycles. The number of anilines is 2. The van der Waals surface area contributed by atoms with Crippen LogP contribution in [-0.4, -0.2) is 21.1 Å². The summed E-state index contributed by atoms with van der Waals surface area (Å²) >= 11 is 16.2. The number of nitrogens with two attached hydrogens (primary N) is 1. The van der Waals surface area contributed by atoms with Crippen molar-refractivity contribution in [2.24, 2.45) is 0 Å². The van der Waals surface area contributed by atoms with Crippen LogP contribution in [0.5, 0.6) is 0 Å². The summed E-state index contributed by atoms with van der Waals surface area (Å²) in [6.45, 7) is 0. The zero-order valence-corrected chi connectivity index (χ0v) is 17.2. The Bertz CT molecular complexity index is 1160. The van der Waals surface area contributed by atoms with Gasteiger partial charge in [-0.1, -0.05) is 52.4 Å². The number of fused-ring (bicyclic) bond motifs is 1. The lowest BCUT2D eigenvalue weighted by Crippen LogP contribution is -2.11. The zero-order valence-electron chi connectivity index (χ0n) is 13.3. The maximum absolute atomic E-state index is 12.5. The van der Waals surface area contributed by atoms with E-state index in [1.165, 1.54) is 18.0 Å². The summed E-state index contributed by atoms with van der Waals surface area (Å²) in [5, 5.41) is 14.8. The van der Waals surface area contributed by atoms with E-state index in [0.29, 0.717) is 19.9 Å². The Morgan fingerprint density at radius 1 is 1.22 bits per heavy atom. The number of thiophene rings is 1. The molecule has 3 N–H and O–H groups in total. The van der Waals surface area contributed by atoms with Crippen molar-refractivity contribution in [2.45, 2.75) is 9.24 Å². The highest BCUT2D eigenvalue weighted by atomic mass is 35.5. The molecule has 0 aliphatic carbocycles. The molecule has 0 radical (unpaired) electrons. The minimum Gasteiger partial charge on any atom is -0.382 e. The van der Waals surface area contributed by atoms with E-state index in [-0.39, 0.29) is 21.8 Å². The van der Waals surface area contributed by atoms with Crippen molar-refractivity contribution in [3.8, 4) is 0 Å². The summed E-state index contributed by atoms with van der Waals surface area (Å²) in [6.07, 6.45) is 1.42. The van der Waals surface area contributed by atoms with Gasteiger partial charge >= 0.3 is 0 Å². The van der Waals surface area contributed by atoms with Gasteiger partial charge in [0, 0.05) is 16.6 Å². The quantitative estimate of drug-likeness (QED) is 0.427. The number of pyridine rings is 1. The van der Waals surface area contributed by atoms with Crippen molar-refractivity contribution in [3.05, 3.63) is 50.9 Å². The molecule has 0 saturated heterocycles. The molecule has 11 heteroatoms. The van der Waals surface area contributed by atoms with Crippen molar-refractivity contribution >= 4 is 85.1 Å². The number of carbonyl (C=O) groups is 1. The molecule has 3 aromatic heterocycles. The molecule has 3 heterocycles. The van der Waals surface area contributed by atoms with Gasteiger partial charge in [-0.05, 0) is 29.0 Å². The van der Waals surface area contributed by atoms with Crippen LogP contribution in [0.15, 0.2) is 45.1 Å². The van der Waals surface area contributed by atoms with Crippen LogP contribution in [0.2, 0.25) is 10.0 Å². The van der Waals surface area contributed by atoms with Gasteiger partial charge < -0.3 is 11.1 Å². The van der Waals surface area contributed by atoms with E-state index in [4.69, 9.17) is 28.9 Å². The molecule has 4 aromatic rings. The molecule has 0 atom stereocenters. The molecule has 6 nitrogen and oxygen atoms in total. The third kappa shape index (κ3) is 3.87. The first-order valence-corrected chi connectivity index (χ1v) is 10.7. The molecule has 27 heavy (non-hydrogen) atoms. The number of rotatable bonds is 4. The number of halogens is 2. The lowest BCUT2D eigenvalue weighted by atomic mass is 10.2. The van der Waals surface area contributed by atoms with Crippen molar-refractivity contribution in [1.29, 1.82) is 0 Å². The topological polar surface area (TPSA) is 93.8 Å². The lowest BCUT2D eigenvalue weighted by molar-refractivity contribution is 0.102. The fourth-order valence-corrected chi connectivity index (χ4v) is 5.33. The maximum Gasteiger partial charge on any atom is 0.286 e. The second kappa shape index (κ2) is 7.61. The second-order valence-electron chi connectivity index (χ2n) is 5.24. The van der Waals surface area contributed by atoms with Crippen molar-refractivity contribution in [3.63, 3.8) is 0 Å². The fraction of sp³-hybridized carbons (Fsp3) is 0. The number of carbonyl (C=O) groups excluding carboxylic acids is 1. The van der Waals surface area contributed by atoms with Crippen LogP contribution in [0.25, 0.3) is 10.1 Å². The molecule has 0 fully saturated rings. The molecule has 0 bridgehead atoms. The summed E-state index contributed by atoms with van der Waals surface area (Å²) in [7, 11) is 0. The van der Waals surface area contributed by atoms with Crippen LogP contribution in [0.4, 0.5) is 11.5 Å². The number of hydrogen-bond donors (Lipinski definition) is 2. The van der Waals surface area contributed by atoms with Crippen LogP contribution >= 0.6 is 57.6 Å². The maximum atomic E-state index is 12.5. The summed E-state index contributed by atoms with van der Waals surface area (Å²) in [5.74, 6) is -0.156. The number of hydrogen-bond acceptors (Lipinski definition) is 8. The number of aromatic nitrogens is 3. The minimum absolute atomic E-state index is 0.176. The van der Waals surface area contributed by atoms with Crippen LogP contribution in [0.1, 0.15) is 9.80 Å². The summed E-state index contributed by atoms with van der Waals surface area (Å²) < 4.78 is 1.61. The van der Waals surface area contributed by atoms with Gasteiger partial charge in [-0.15, -0.1) is 21.5 Å². The molecule has 1 amide bonds. The van der Waals surface area contributed by atoms with Crippen LogP contribution in [0.3, 0.4) is 0 Å². The Labute approximate surface area is 175 Å². The van der Waals surface area contributed by atoms with E-state index in [1.807, 2.05) is 29.6 Å². The van der Waals surface area contributed by atoms with Gasteiger partial charge in [-0.2, -0.15) is 0 Å². The zero-order chi connectivity index (χ0) is 19.0. The summed E-state index contributed by atoms with van der Waals surface area (Å²) in [4.78, 5) is 16.9. The highest BCUT2D eigenvalue weighted by Gasteiger charge is 2.18. The van der Waals surface area contributed by atoms with E-state index >= 15 is 0 Å². The molecular formula is C16H9Cl2N5OS3. The Kier molecular flexibility index (Phi) is 5.20. The first kappa shape index (κ1) is 18.5. The normalized spacial score (nSPS) is 11.0. The summed E-state index contributed by atoms with van der Waals surface area (Å²) in [6, 6.07) is 7.76. The van der Waals surface area contributed by atoms with E-state index in [1.54, 1.807) is 11.3 Å². The van der Waals surface area contributed by atoms with Gasteiger partial charge in [0.2, 0.25) is 5.01 Å². The second-order valence-corrected chi connectivity index (χ2v) is 9.20. The number of amides is 1. The molecule has 0 saturated carbocycles. The van der Waals surface area contributed by atoms with Gasteiger partial charge in [0.15, 0.2) is 4.34 Å². The Morgan fingerprint density at radius 3 is 2.93 bits per heavy atom. The predicted molar refractivity (Wildman–Crippen MR) is 112 cm³/mol. The molecule has 136 valence electrons. The lowest BCUT2D eigenvalue weighted by Gasteiger charge is -2.05. The van der Waals surface area contributed by atoms with Crippen molar-refractivity contribution in [2.75, 3.05) is 11.1 Å². The van der Waals surface area contributed by atoms with Crippen LogP contribution in [0, 0.1) is 0 Å². The Hall–Kier alpha value is -1.91. The van der Waals surface area contributed by atoms with Crippen LogP contribution < -0.4 is 11.1 Å². The van der Waals surface area contributed by atoms with Gasteiger partial charge in [-0.3, -0.25) is 4.79 Å². The average Bonchev–Trinajstić information content (AvgIpc) is 3.31. The molecular weight excluding hydrogens is 445 g/mol. The molecule has 4 rings (SSSR count). The third-order valence-corrected chi connectivity index (χ3v) is 7.34. The van der Waals surface area contributed by atoms with E-state index in [9.17, 15) is 4.79 Å². The largest absolute Gasteiger partial charge is 0.382 e. The smallest absolute Gasteiger partial charge is 0.286 e. The minimum atomic E-state index is -0.332. The summed E-state index contributed by atoms with van der Waals surface area (Å²) in [5.41, 5.74) is 6.40. The predicted octanol–water partition coefficient (Wildman–Crippen LogP) is 5.44. The SMILES string of the molecule is Nc1ncc(Cl)c(Sc2nnc(C(=O)Nc3ccc4ccsc4c3)s2)c1Cl. The molecule has 0 spiro atoms. The van der Waals surface area contributed by atoms with E-state index < -0.39 is 0 Å².